The molecular formula is C34H38N6O3. The van der Waals surface area contributed by atoms with Gasteiger partial charge in [0.1, 0.15) is 6.04 Å². The summed E-state index contributed by atoms with van der Waals surface area (Å²) in [6.45, 7) is 5.46. The first-order valence-corrected chi connectivity index (χ1v) is 14.9. The number of para-hydroxylation sites is 1. The third-order valence-electron chi connectivity index (χ3n) is 8.73. The Balaban J connectivity index is 1.19. The monoisotopic (exact) mass is 578 g/mol. The summed E-state index contributed by atoms with van der Waals surface area (Å²) in [6.07, 6.45) is 2.91. The molecule has 3 aromatic carbocycles. The van der Waals surface area contributed by atoms with Gasteiger partial charge in [-0.25, -0.2) is 4.79 Å². The van der Waals surface area contributed by atoms with Crippen molar-refractivity contribution in [2.75, 3.05) is 45.1 Å². The lowest BCUT2D eigenvalue weighted by atomic mass is 9.92. The zero-order valence-corrected chi connectivity index (χ0v) is 24.7. The highest BCUT2D eigenvalue weighted by Crippen LogP contribution is 2.29. The van der Waals surface area contributed by atoms with Gasteiger partial charge in [0.25, 0.3) is 5.91 Å². The van der Waals surface area contributed by atoms with Crippen LogP contribution in [-0.2, 0) is 17.8 Å². The fraction of sp³-hybridized carbons (Fsp3) is 0.324. The molecule has 9 nitrogen and oxygen atoms in total. The molecule has 2 aliphatic heterocycles. The van der Waals surface area contributed by atoms with Crippen LogP contribution in [0.15, 0.2) is 79.0 Å². The largest absolute Gasteiger partial charge is 0.361 e. The topological polar surface area (TPSA) is 101 Å². The number of nitrogens with one attached hydrogen (secondary N) is 3. The first-order chi connectivity index (χ1) is 20.9. The maximum Gasteiger partial charge on any atom is 0.318 e. The molecule has 6 rings (SSSR count). The number of carbonyl (C=O) groups is 3. The summed E-state index contributed by atoms with van der Waals surface area (Å²) in [5, 5.41) is 7.17. The van der Waals surface area contributed by atoms with Gasteiger partial charge in [-0.05, 0) is 60.5 Å². The summed E-state index contributed by atoms with van der Waals surface area (Å²) >= 11 is 0. The number of rotatable bonds is 6. The number of H-pyrrole nitrogens is 1. The van der Waals surface area contributed by atoms with Crippen molar-refractivity contribution < 1.29 is 14.4 Å². The minimum Gasteiger partial charge on any atom is -0.361 e. The van der Waals surface area contributed by atoms with Crippen LogP contribution >= 0.6 is 0 Å². The molecule has 0 radical (unpaired) electrons. The fourth-order valence-electron chi connectivity index (χ4n) is 6.16. The number of nitrogens with zero attached hydrogens (tertiary/aromatic N) is 3. The van der Waals surface area contributed by atoms with E-state index in [1.165, 1.54) is 11.1 Å². The van der Waals surface area contributed by atoms with Gasteiger partial charge in [-0.2, -0.15) is 0 Å². The number of piperazine rings is 1. The summed E-state index contributed by atoms with van der Waals surface area (Å²) in [4.78, 5) is 49.4. The molecule has 222 valence electrons. The third-order valence-corrected chi connectivity index (χ3v) is 8.73. The molecule has 43 heavy (non-hydrogen) atoms. The summed E-state index contributed by atoms with van der Waals surface area (Å²) < 4.78 is 0. The van der Waals surface area contributed by atoms with Gasteiger partial charge in [0.15, 0.2) is 0 Å². The van der Waals surface area contributed by atoms with Gasteiger partial charge in [-0.15, -0.1) is 0 Å². The lowest BCUT2D eigenvalue weighted by molar-refractivity contribution is -0.118. The minimum atomic E-state index is -0.825. The van der Waals surface area contributed by atoms with E-state index < -0.39 is 6.04 Å². The Kier molecular flexibility index (Phi) is 8.16. The molecule has 0 aliphatic carbocycles. The van der Waals surface area contributed by atoms with E-state index in [0.717, 1.165) is 41.7 Å². The summed E-state index contributed by atoms with van der Waals surface area (Å²) in [6, 6.07) is 22.1. The highest BCUT2D eigenvalue weighted by Gasteiger charge is 2.33. The number of fused-ring (bicyclic) bond motifs is 2. The second-order valence-electron chi connectivity index (χ2n) is 11.6. The quantitative estimate of drug-likeness (QED) is 0.315. The van der Waals surface area contributed by atoms with E-state index in [9.17, 15) is 14.4 Å². The van der Waals surface area contributed by atoms with E-state index in [1.807, 2.05) is 67.7 Å². The first kappa shape index (κ1) is 28.5. The van der Waals surface area contributed by atoms with Crippen LogP contribution in [0, 0.1) is 0 Å². The molecule has 0 spiro atoms. The van der Waals surface area contributed by atoms with Crippen molar-refractivity contribution in [2.24, 2.45) is 0 Å². The van der Waals surface area contributed by atoms with Crippen LogP contribution in [0.1, 0.15) is 39.9 Å². The number of likely N-dealkylation sites (N-methyl/N-ethyl adjacent to an activating group) is 1. The molecule has 0 bridgehead atoms. The van der Waals surface area contributed by atoms with Crippen molar-refractivity contribution in [1.29, 1.82) is 0 Å². The van der Waals surface area contributed by atoms with Crippen molar-refractivity contribution in [2.45, 2.75) is 31.8 Å². The maximum absolute atomic E-state index is 13.9. The summed E-state index contributed by atoms with van der Waals surface area (Å²) in [7, 11) is 2.10. The van der Waals surface area contributed by atoms with E-state index in [2.05, 4.69) is 33.6 Å². The zero-order valence-electron chi connectivity index (χ0n) is 24.7. The van der Waals surface area contributed by atoms with Gasteiger partial charge in [-0.1, -0.05) is 49.4 Å². The van der Waals surface area contributed by atoms with Gasteiger partial charge in [0.2, 0.25) is 5.91 Å². The second-order valence-corrected chi connectivity index (χ2v) is 11.6. The molecule has 1 aromatic heterocycles. The third kappa shape index (κ3) is 6.12. The van der Waals surface area contributed by atoms with Gasteiger partial charge in [-0.3, -0.25) is 9.59 Å². The molecule has 4 amide bonds. The van der Waals surface area contributed by atoms with E-state index in [0.29, 0.717) is 31.7 Å². The van der Waals surface area contributed by atoms with Crippen LogP contribution in [0.3, 0.4) is 0 Å². The van der Waals surface area contributed by atoms with Crippen molar-refractivity contribution in [3.05, 3.63) is 101 Å². The first-order valence-electron chi connectivity index (χ1n) is 14.9. The molecule has 1 fully saturated rings. The number of anilines is 1. The maximum atomic E-state index is 13.9. The van der Waals surface area contributed by atoms with Crippen LogP contribution in [-0.4, -0.2) is 83.3 Å². The Bertz CT molecular complexity index is 1630. The summed E-state index contributed by atoms with van der Waals surface area (Å²) in [5.74, 6) is -0.625. The van der Waals surface area contributed by atoms with E-state index in [-0.39, 0.29) is 23.8 Å². The molecular weight excluding hydrogens is 540 g/mol. The average Bonchev–Trinajstić information content (AvgIpc) is 3.47. The number of carbonyl (C=O) groups excluding carboxylic acids is 3. The number of aromatic nitrogens is 1. The molecule has 2 aliphatic rings. The minimum absolute atomic E-state index is 0.0397. The highest BCUT2D eigenvalue weighted by atomic mass is 16.2. The zero-order chi connectivity index (χ0) is 29.9. The number of hydrogen-bond donors (Lipinski definition) is 3. The molecule has 1 saturated heterocycles. The Morgan fingerprint density at radius 3 is 2.35 bits per heavy atom. The van der Waals surface area contributed by atoms with Crippen molar-refractivity contribution in [3.63, 3.8) is 0 Å². The van der Waals surface area contributed by atoms with E-state index in [4.69, 9.17) is 0 Å². The van der Waals surface area contributed by atoms with Gasteiger partial charge in [0.05, 0.1) is 0 Å². The molecule has 3 heterocycles. The Hall–Kier alpha value is -4.63. The lowest BCUT2D eigenvalue weighted by Gasteiger charge is -2.36. The lowest BCUT2D eigenvalue weighted by Crippen LogP contribution is -2.57. The molecule has 4 aromatic rings. The number of amides is 4. The Morgan fingerprint density at radius 2 is 1.56 bits per heavy atom. The molecule has 0 saturated carbocycles. The Labute approximate surface area is 251 Å². The van der Waals surface area contributed by atoms with Crippen LogP contribution < -0.4 is 10.6 Å². The highest BCUT2D eigenvalue weighted by molar-refractivity contribution is 5.99. The van der Waals surface area contributed by atoms with E-state index in [1.54, 1.807) is 21.9 Å². The van der Waals surface area contributed by atoms with Gasteiger partial charge >= 0.3 is 6.03 Å². The normalized spacial score (nSPS) is 16.8. The molecule has 2 atom stereocenters. The standard InChI is InChI=1S/C34H38N6O3/c1-23(29-21-35-30-11-7-6-10-28(29)30)31(32(41)36-27-13-12-24-14-15-38(2)22-26(24)20-27)37-34(43)40-18-16-39(17-19-40)33(42)25-8-4-3-5-9-25/h3-13,20-21,23,31,35H,14-19,22H2,1-2H3,(H,36,41)(H,37,43)/t23-,31+/m0/s1. The predicted molar refractivity (Wildman–Crippen MR) is 168 cm³/mol. The summed E-state index contributed by atoms with van der Waals surface area (Å²) in [5.41, 5.74) is 5.81. The van der Waals surface area contributed by atoms with Crippen LogP contribution in [0.25, 0.3) is 10.9 Å². The van der Waals surface area contributed by atoms with Crippen molar-refractivity contribution in [3.8, 4) is 0 Å². The average molecular weight is 579 g/mol. The molecule has 9 heteroatoms. The number of aromatic amines is 1. The number of benzene rings is 3. The van der Waals surface area contributed by atoms with Crippen LogP contribution in [0.4, 0.5) is 10.5 Å². The van der Waals surface area contributed by atoms with Crippen LogP contribution in [0.2, 0.25) is 0 Å². The number of hydrogen-bond acceptors (Lipinski definition) is 4. The van der Waals surface area contributed by atoms with Gasteiger partial charge in [0, 0.05) is 73.5 Å². The van der Waals surface area contributed by atoms with E-state index >= 15 is 0 Å². The number of urea groups is 1. The molecule has 3 N–H and O–H groups in total. The smallest absolute Gasteiger partial charge is 0.318 e. The van der Waals surface area contributed by atoms with Crippen molar-refractivity contribution in [1.82, 2.24) is 25.0 Å². The SMILES string of the molecule is C[C@@H](c1c[nH]c2ccccc12)[C@@H](NC(=O)N1CCN(C(=O)c2ccccc2)CC1)C(=O)Nc1ccc2c(c1)CN(C)CC2. The van der Waals surface area contributed by atoms with Gasteiger partial charge < -0.3 is 30.3 Å². The predicted octanol–water partition coefficient (Wildman–Crippen LogP) is 4.43. The van der Waals surface area contributed by atoms with Crippen LogP contribution in [0.5, 0.6) is 0 Å². The molecule has 0 unspecified atom stereocenters. The van der Waals surface area contributed by atoms with Crippen molar-refractivity contribution >= 4 is 34.4 Å². The Morgan fingerprint density at radius 1 is 0.837 bits per heavy atom. The second kappa shape index (κ2) is 12.3. The fourth-order valence-corrected chi connectivity index (χ4v) is 6.16.